The third-order valence-corrected chi connectivity index (χ3v) is 4.13. The number of nitriles is 1. The van der Waals surface area contributed by atoms with Gasteiger partial charge in [-0.25, -0.2) is 0 Å². The highest BCUT2D eigenvalue weighted by Gasteiger charge is 2.25. The number of rotatable bonds is 3. The summed E-state index contributed by atoms with van der Waals surface area (Å²) < 4.78 is 0. The molecule has 1 heterocycles. The van der Waals surface area contributed by atoms with E-state index in [1.165, 1.54) is 6.42 Å². The lowest BCUT2D eigenvalue weighted by Gasteiger charge is -2.26. The van der Waals surface area contributed by atoms with Gasteiger partial charge in [-0.15, -0.1) is 0 Å². The first-order chi connectivity index (χ1) is 10.3. The van der Waals surface area contributed by atoms with Crippen LogP contribution in [0.25, 0.3) is 11.0 Å². The number of carbonyl (C=O) groups is 1. The second-order valence-corrected chi connectivity index (χ2v) is 5.51. The number of aromatic nitrogens is 3. The summed E-state index contributed by atoms with van der Waals surface area (Å²) in [7, 11) is 0. The molecule has 6 heteroatoms. The number of aromatic amines is 1. The van der Waals surface area contributed by atoms with Gasteiger partial charge in [0.2, 0.25) is 0 Å². The van der Waals surface area contributed by atoms with Crippen LogP contribution in [0.15, 0.2) is 18.2 Å². The molecule has 2 N–H and O–H groups in total. The number of nitrogens with one attached hydrogen (secondary N) is 2. The molecule has 0 saturated heterocycles. The Labute approximate surface area is 122 Å². The highest BCUT2D eigenvalue weighted by Crippen LogP contribution is 2.26. The highest BCUT2D eigenvalue weighted by atomic mass is 16.1. The van der Waals surface area contributed by atoms with E-state index in [1.54, 1.807) is 18.2 Å². The molecule has 0 aliphatic heterocycles. The number of carbonyl (C=O) groups excluding carboxylic acids is 1. The first-order valence-corrected chi connectivity index (χ1v) is 7.29. The van der Waals surface area contributed by atoms with Crippen molar-refractivity contribution in [3.05, 3.63) is 23.8 Å². The van der Waals surface area contributed by atoms with Gasteiger partial charge in [0.15, 0.2) is 0 Å². The van der Waals surface area contributed by atoms with Crippen molar-refractivity contribution in [2.24, 2.45) is 5.92 Å². The summed E-state index contributed by atoms with van der Waals surface area (Å²) in [6.45, 7) is 0. The van der Waals surface area contributed by atoms with Gasteiger partial charge in [-0.2, -0.15) is 20.7 Å². The molecule has 1 aromatic carbocycles. The molecule has 1 aliphatic carbocycles. The second kappa shape index (κ2) is 5.92. The summed E-state index contributed by atoms with van der Waals surface area (Å²) >= 11 is 0. The van der Waals surface area contributed by atoms with Crippen LogP contribution in [0, 0.1) is 17.2 Å². The van der Waals surface area contributed by atoms with Crippen LogP contribution in [0.4, 0.5) is 0 Å². The molecule has 21 heavy (non-hydrogen) atoms. The molecule has 1 atom stereocenters. The van der Waals surface area contributed by atoms with Gasteiger partial charge in [-0.1, -0.05) is 19.3 Å². The fourth-order valence-corrected chi connectivity index (χ4v) is 2.93. The van der Waals surface area contributed by atoms with Crippen LogP contribution in [0.3, 0.4) is 0 Å². The number of nitrogens with zero attached hydrogens (tertiary/aromatic N) is 3. The Morgan fingerprint density at radius 1 is 1.29 bits per heavy atom. The molecular formula is C15H17N5O. The number of H-pyrrole nitrogens is 1. The molecule has 1 fully saturated rings. The van der Waals surface area contributed by atoms with Crippen molar-refractivity contribution >= 4 is 16.9 Å². The van der Waals surface area contributed by atoms with Crippen LogP contribution >= 0.6 is 0 Å². The fraction of sp³-hybridized carbons (Fsp3) is 0.467. The smallest absolute Gasteiger partial charge is 0.252 e. The maximum Gasteiger partial charge on any atom is 0.252 e. The van der Waals surface area contributed by atoms with Gasteiger partial charge in [0.25, 0.3) is 5.91 Å². The van der Waals surface area contributed by atoms with Crippen LogP contribution in [-0.4, -0.2) is 27.4 Å². The van der Waals surface area contributed by atoms with Gasteiger partial charge < -0.3 is 5.32 Å². The van der Waals surface area contributed by atoms with E-state index in [0.717, 1.165) is 31.2 Å². The Balaban J connectivity index is 1.73. The second-order valence-electron chi connectivity index (χ2n) is 5.51. The van der Waals surface area contributed by atoms with E-state index in [0.29, 0.717) is 11.1 Å². The number of amides is 1. The molecule has 1 saturated carbocycles. The van der Waals surface area contributed by atoms with Crippen molar-refractivity contribution in [3.8, 4) is 6.07 Å². The summed E-state index contributed by atoms with van der Waals surface area (Å²) in [5.41, 5.74) is 1.87. The molecule has 0 radical (unpaired) electrons. The first-order valence-electron chi connectivity index (χ1n) is 7.29. The first kappa shape index (κ1) is 13.6. The molecular weight excluding hydrogens is 266 g/mol. The molecule has 2 aromatic rings. The van der Waals surface area contributed by atoms with Crippen molar-refractivity contribution in [2.45, 2.75) is 38.1 Å². The lowest BCUT2D eigenvalue weighted by molar-refractivity contribution is 0.0929. The molecule has 1 aliphatic rings. The normalized spacial score (nSPS) is 17.3. The largest absolute Gasteiger partial charge is 0.336 e. The molecule has 1 amide bonds. The molecule has 1 unspecified atom stereocenters. The Morgan fingerprint density at radius 3 is 2.81 bits per heavy atom. The zero-order chi connectivity index (χ0) is 14.7. The number of benzene rings is 1. The molecule has 3 rings (SSSR count). The minimum Gasteiger partial charge on any atom is -0.336 e. The van der Waals surface area contributed by atoms with E-state index in [4.69, 9.17) is 0 Å². The standard InChI is InChI=1S/C15H17N5O/c16-9-14(10-4-2-1-3-5-10)17-15(21)11-6-7-12-13(8-11)19-20-18-12/h6-8,10,14H,1-5H2,(H,17,21)(H,18,19,20). The molecule has 0 spiro atoms. The van der Waals surface area contributed by atoms with Gasteiger partial charge in [-0.05, 0) is 37.0 Å². The molecule has 0 bridgehead atoms. The number of fused-ring (bicyclic) bond motifs is 1. The Hall–Kier alpha value is -2.42. The highest BCUT2D eigenvalue weighted by molar-refractivity contribution is 5.97. The molecule has 6 nitrogen and oxygen atoms in total. The van der Waals surface area contributed by atoms with Crippen LogP contribution in [0.1, 0.15) is 42.5 Å². The van der Waals surface area contributed by atoms with Gasteiger partial charge in [0, 0.05) is 5.56 Å². The lowest BCUT2D eigenvalue weighted by Crippen LogP contribution is -2.40. The quantitative estimate of drug-likeness (QED) is 0.902. The van der Waals surface area contributed by atoms with E-state index in [9.17, 15) is 10.1 Å². The summed E-state index contributed by atoms with van der Waals surface area (Å²) in [5.74, 6) is 0.0421. The van der Waals surface area contributed by atoms with Crippen molar-refractivity contribution in [1.29, 1.82) is 5.26 Å². The van der Waals surface area contributed by atoms with E-state index in [2.05, 4.69) is 26.8 Å². The third-order valence-electron chi connectivity index (χ3n) is 4.13. The zero-order valence-electron chi connectivity index (χ0n) is 11.7. The number of hydrogen-bond donors (Lipinski definition) is 2. The monoisotopic (exact) mass is 283 g/mol. The molecule has 108 valence electrons. The summed E-state index contributed by atoms with van der Waals surface area (Å²) in [5, 5.41) is 22.6. The van der Waals surface area contributed by atoms with E-state index < -0.39 is 6.04 Å². The van der Waals surface area contributed by atoms with E-state index in [-0.39, 0.29) is 11.8 Å². The maximum absolute atomic E-state index is 12.3. The maximum atomic E-state index is 12.3. The van der Waals surface area contributed by atoms with Gasteiger partial charge >= 0.3 is 0 Å². The van der Waals surface area contributed by atoms with Crippen LogP contribution in [0.5, 0.6) is 0 Å². The van der Waals surface area contributed by atoms with Crippen molar-refractivity contribution in [1.82, 2.24) is 20.7 Å². The topological polar surface area (TPSA) is 94.5 Å². The van der Waals surface area contributed by atoms with E-state index in [1.807, 2.05) is 0 Å². The third kappa shape index (κ3) is 2.87. The zero-order valence-corrected chi connectivity index (χ0v) is 11.7. The predicted octanol–water partition coefficient (Wildman–Crippen LogP) is 2.16. The lowest BCUT2D eigenvalue weighted by atomic mass is 9.84. The Morgan fingerprint density at radius 2 is 2.05 bits per heavy atom. The van der Waals surface area contributed by atoms with Crippen LogP contribution in [0.2, 0.25) is 0 Å². The average molecular weight is 283 g/mol. The minimum atomic E-state index is -0.411. The number of hydrogen-bond acceptors (Lipinski definition) is 4. The average Bonchev–Trinajstić information content (AvgIpc) is 3.00. The van der Waals surface area contributed by atoms with Crippen LogP contribution in [-0.2, 0) is 0 Å². The van der Waals surface area contributed by atoms with Crippen molar-refractivity contribution < 1.29 is 4.79 Å². The Bertz CT molecular complexity index is 681. The molecule has 1 aromatic heterocycles. The van der Waals surface area contributed by atoms with Crippen molar-refractivity contribution in [3.63, 3.8) is 0 Å². The van der Waals surface area contributed by atoms with Crippen LogP contribution < -0.4 is 5.32 Å². The SMILES string of the molecule is N#CC(NC(=O)c1ccc2n[nH]nc2c1)C1CCCCC1. The fourth-order valence-electron chi connectivity index (χ4n) is 2.93. The minimum absolute atomic E-state index is 0.225. The summed E-state index contributed by atoms with van der Waals surface area (Å²) in [6.07, 6.45) is 5.54. The van der Waals surface area contributed by atoms with Gasteiger partial charge in [0.05, 0.1) is 6.07 Å². The van der Waals surface area contributed by atoms with Gasteiger partial charge in [0.1, 0.15) is 17.1 Å². The summed E-state index contributed by atoms with van der Waals surface area (Å²) in [6, 6.07) is 6.96. The van der Waals surface area contributed by atoms with Gasteiger partial charge in [-0.3, -0.25) is 4.79 Å². The van der Waals surface area contributed by atoms with Crippen molar-refractivity contribution in [2.75, 3.05) is 0 Å². The van der Waals surface area contributed by atoms with E-state index >= 15 is 0 Å². The summed E-state index contributed by atoms with van der Waals surface area (Å²) in [4.78, 5) is 12.3. The Kier molecular flexibility index (Phi) is 3.82. The predicted molar refractivity (Wildman–Crippen MR) is 77.3 cm³/mol.